The Morgan fingerprint density at radius 3 is 2.96 bits per heavy atom. The Morgan fingerprint density at radius 1 is 1.21 bits per heavy atom. The number of hydrogen-bond acceptors (Lipinski definition) is 6. The maximum absolute atomic E-state index is 14.7. The van der Waals surface area contributed by atoms with Gasteiger partial charge in [0.25, 0.3) is 6.02 Å². The van der Waals surface area contributed by atoms with Gasteiger partial charge >= 0.3 is 0 Å². The summed E-state index contributed by atoms with van der Waals surface area (Å²) in [5, 5.41) is 4.08. The minimum Gasteiger partial charge on any atom is -0.462 e. The normalized spacial score (nSPS) is 25.6. The number of halogens is 2. The van der Waals surface area contributed by atoms with Crippen LogP contribution in [0.5, 0.6) is 0 Å². The molecular formula is C20H17F2N5O. The standard InChI is InChI=1S/C20H17F2N5O/c21-10-20(14-9-16(14)28-19(23)27-20)13-8-12(3-4-15(13)22)26-18-17-11(5-7-25-18)2-1-6-24-17/h1-8,14,16H,9-10H2,(H2,23,27)(H,25,26)/t14-,16+,20+/m0/s1. The van der Waals surface area contributed by atoms with Crippen molar-refractivity contribution in [2.45, 2.75) is 18.1 Å². The van der Waals surface area contributed by atoms with E-state index in [9.17, 15) is 8.78 Å². The number of amidine groups is 1. The molecule has 1 aromatic carbocycles. The molecule has 1 aliphatic heterocycles. The van der Waals surface area contributed by atoms with Crippen LogP contribution in [0.2, 0.25) is 0 Å². The Morgan fingerprint density at radius 2 is 2.11 bits per heavy atom. The van der Waals surface area contributed by atoms with Gasteiger partial charge in [0.1, 0.15) is 29.7 Å². The molecule has 0 saturated heterocycles. The molecule has 5 rings (SSSR count). The summed E-state index contributed by atoms with van der Waals surface area (Å²) in [5.74, 6) is -0.229. The van der Waals surface area contributed by atoms with Gasteiger partial charge in [-0.1, -0.05) is 6.07 Å². The van der Waals surface area contributed by atoms with Crippen LogP contribution < -0.4 is 11.1 Å². The van der Waals surface area contributed by atoms with Crippen molar-refractivity contribution in [2.24, 2.45) is 16.6 Å². The van der Waals surface area contributed by atoms with Gasteiger partial charge in [-0.3, -0.25) is 4.98 Å². The van der Waals surface area contributed by atoms with Gasteiger partial charge in [-0.15, -0.1) is 0 Å². The van der Waals surface area contributed by atoms with Crippen molar-refractivity contribution in [1.82, 2.24) is 9.97 Å². The maximum atomic E-state index is 14.7. The zero-order chi connectivity index (χ0) is 19.3. The topological polar surface area (TPSA) is 85.4 Å². The van der Waals surface area contributed by atoms with Gasteiger partial charge in [-0.05, 0) is 36.8 Å². The van der Waals surface area contributed by atoms with Crippen LogP contribution in [0.25, 0.3) is 10.9 Å². The van der Waals surface area contributed by atoms with E-state index in [1.807, 2.05) is 18.2 Å². The van der Waals surface area contributed by atoms with Gasteiger partial charge in [0.05, 0.1) is 0 Å². The van der Waals surface area contributed by atoms with Crippen molar-refractivity contribution in [1.29, 1.82) is 0 Å². The number of nitrogens with one attached hydrogen (secondary N) is 1. The first kappa shape index (κ1) is 16.9. The summed E-state index contributed by atoms with van der Waals surface area (Å²) >= 11 is 0. The Hall–Kier alpha value is -3.29. The van der Waals surface area contributed by atoms with Crippen molar-refractivity contribution < 1.29 is 13.5 Å². The number of pyridine rings is 2. The zero-order valence-corrected chi connectivity index (χ0v) is 14.8. The van der Waals surface area contributed by atoms with E-state index in [0.717, 1.165) is 5.39 Å². The molecule has 6 nitrogen and oxygen atoms in total. The molecule has 3 N–H and O–H groups in total. The monoisotopic (exact) mass is 381 g/mol. The SMILES string of the molecule is NC1=N[C@](CF)(c2cc(Nc3nccc4cccnc34)ccc2F)[C@H]2C[C@H]2O1. The molecule has 2 aromatic heterocycles. The molecule has 0 spiro atoms. The summed E-state index contributed by atoms with van der Waals surface area (Å²) in [5.41, 5.74) is 5.77. The first-order valence-electron chi connectivity index (χ1n) is 8.95. The summed E-state index contributed by atoms with van der Waals surface area (Å²) in [6.45, 7) is -0.854. The molecule has 1 saturated carbocycles. The fraction of sp³-hybridized carbons (Fsp3) is 0.250. The molecule has 0 bridgehead atoms. The van der Waals surface area contributed by atoms with Crippen molar-refractivity contribution in [3.05, 3.63) is 60.2 Å². The van der Waals surface area contributed by atoms with E-state index < -0.39 is 18.0 Å². The third kappa shape index (κ3) is 2.56. The van der Waals surface area contributed by atoms with Gasteiger partial charge in [0, 0.05) is 34.9 Å². The number of aliphatic imine (C=N–C) groups is 1. The molecule has 2 aliphatic rings. The minimum atomic E-state index is -1.36. The highest BCUT2D eigenvalue weighted by molar-refractivity contribution is 5.89. The van der Waals surface area contributed by atoms with E-state index in [1.165, 1.54) is 6.07 Å². The highest BCUT2D eigenvalue weighted by atomic mass is 19.1. The number of nitrogens with two attached hydrogens (primary N) is 1. The van der Waals surface area contributed by atoms with Gasteiger partial charge in [0.2, 0.25) is 0 Å². The number of alkyl halides is 1. The molecule has 0 unspecified atom stereocenters. The van der Waals surface area contributed by atoms with Crippen molar-refractivity contribution >= 4 is 28.4 Å². The second-order valence-electron chi connectivity index (χ2n) is 7.06. The van der Waals surface area contributed by atoms with Crippen LogP contribution in [0, 0.1) is 11.7 Å². The number of ether oxygens (including phenoxy) is 1. The third-order valence-corrected chi connectivity index (χ3v) is 5.35. The quantitative estimate of drug-likeness (QED) is 0.723. The molecular weight excluding hydrogens is 364 g/mol. The fourth-order valence-corrected chi connectivity index (χ4v) is 3.89. The van der Waals surface area contributed by atoms with E-state index in [2.05, 4.69) is 20.3 Å². The lowest BCUT2D eigenvalue weighted by molar-refractivity contribution is 0.168. The highest BCUT2D eigenvalue weighted by Crippen LogP contribution is 2.53. The van der Waals surface area contributed by atoms with Crippen LogP contribution in [0.3, 0.4) is 0 Å². The largest absolute Gasteiger partial charge is 0.462 e. The summed E-state index contributed by atoms with van der Waals surface area (Å²) in [6, 6.07) is 9.96. The second kappa shape index (κ2) is 6.12. The smallest absolute Gasteiger partial charge is 0.283 e. The first-order chi connectivity index (χ1) is 13.6. The van der Waals surface area contributed by atoms with Crippen LogP contribution in [-0.2, 0) is 10.3 Å². The molecule has 8 heteroatoms. The van der Waals surface area contributed by atoms with E-state index in [0.29, 0.717) is 23.4 Å². The third-order valence-electron chi connectivity index (χ3n) is 5.35. The Bertz CT molecular complexity index is 1100. The maximum Gasteiger partial charge on any atom is 0.283 e. The Kier molecular flexibility index (Phi) is 3.68. The lowest BCUT2D eigenvalue weighted by Gasteiger charge is -2.31. The summed E-state index contributed by atoms with van der Waals surface area (Å²) in [6.07, 6.45) is 3.72. The summed E-state index contributed by atoms with van der Waals surface area (Å²) in [4.78, 5) is 12.9. The van der Waals surface area contributed by atoms with Crippen molar-refractivity contribution in [3.8, 4) is 0 Å². The molecule has 3 heterocycles. The Balaban J connectivity index is 1.57. The van der Waals surface area contributed by atoms with E-state index in [1.54, 1.807) is 24.5 Å². The number of hydrogen-bond donors (Lipinski definition) is 2. The van der Waals surface area contributed by atoms with Crippen molar-refractivity contribution in [3.63, 3.8) is 0 Å². The van der Waals surface area contributed by atoms with Crippen LogP contribution in [0.1, 0.15) is 12.0 Å². The Labute approximate surface area is 159 Å². The minimum absolute atomic E-state index is 0.103. The molecule has 1 fully saturated rings. The van der Waals surface area contributed by atoms with E-state index >= 15 is 0 Å². The molecule has 3 atom stereocenters. The van der Waals surface area contributed by atoms with E-state index in [4.69, 9.17) is 10.5 Å². The van der Waals surface area contributed by atoms with Crippen LogP contribution in [0.15, 0.2) is 53.8 Å². The number of fused-ring (bicyclic) bond motifs is 2. The highest BCUT2D eigenvalue weighted by Gasteiger charge is 2.60. The van der Waals surface area contributed by atoms with Gasteiger partial charge in [0.15, 0.2) is 5.82 Å². The molecule has 142 valence electrons. The van der Waals surface area contributed by atoms with Crippen LogP contribution in [0.4, 0.5) is 20.3 Å². The number of anilines is 2. The molecule has 0 radical (unpaired) electrons. The number of rotatable bonds is 4. The number of benzene rings is 1. The zero-order valence-electron chi connectivity index (χ0n) is 14.8. The summed E-state index contributed by atoms with van der Waals surface area (Å²) in [7, 11) is 0. The molecule has 28 heavy (non-hydrogen) atoms. The predicted octanol–water partition coefficient (Wildman–Crippen LogP) is 3.41. The first-order valence-corrected chi connectivity index (χ1v) is 8.95. The van der Waals surface area contributed by atoms with Gasteiger partial charge < -0.3 is 15.8 Å². The van der Waals surface area contributed by atoms with Gasteiger partial charge in [-0.2, -0.15) is 0 Å². The number of aromatic nitrogens is 2. The molecule has 1 aliphatic carbocycles. The fourth-order valence-electron chi connectivity index (χ4n) is 3.89. The lowest BCUT2D eigenvalue weighted by Crippen LogP contribution is -2.39. The average Bonchev–Trinajstić information content (AvgIpc) is 3.49. The number of nitrogens with zero attached hydrogens (tertiary/aromatic N) is 3. The van der Waals surface area contributed by atoms with E-state index in [-0.39, 0.29) is 23.6 Å². The lowest BCUT2D eigenvalue weighted by atomic mass is 9.85. The van der Waals surface area contributed by atoms with Gasteiger partial charge in [-0.25, -0.2) is 18.8 Å². The van der Waals surface area contributed by atoms with Crippen LogP contribution >= 0.6 is 0 Å². The predicted molar refractivity (Wildman–Crippen MR) is 101 cm³/mol. The average molecular weight is 381 g/mol. The molecule has 0 amide bonds. The molecule has 3 aromatic rings. The van der Waals surface area contributed by atoms with Crippen LogP contribution in [-0.4, -0.2) is 28.8 Å². The summed E-state index contributed by atoms with van der Waals surface area (Å²) < 4.78 is 34.3. The second-order valence-corrected chi connectivity index (χ2v) is 7.06. The van der Waals surface area contributed by atoms with Crippen molar-refractivity contribution in [2.75, 3.05) is 12.0 Å².